The van der Waals surface area contributed by atoms with Crippen LogP contribution in [0.25, 0.3) is 10.6 Å². The lowest BCUT2D eigenvalue weighted by Crippen LogP contribution is -2.35. The number of rotatable bonds is 11. The second-order valence-electron chi connectivity index (χ2n) is 9.20. The highest BCUT2D eigenvalue weighted by Gasteiger charge is 2.23. The Labute approximate surface area is 232 Å². The fourth-order valence-electron chi connectivity index (χ4n) is 3.53. The normalized spacial score (nSPS) is 15.5. The molecule has 1 atom stereocenters. The highest BCUT2D eigenvalue weighted by molar-refractivity contribution is 8.01. The molecule has 4 heterocycles. The van der Waals surface area contributed by atoms with E-state index >= 15 is 0 Å². The molecule has 0 aromatic carbocycles. The van der Waals surface area contributed by atoms with Crippen molar-refractivity contribution in [3.8, 4) is 16.5 Å². The van der Waals surface area contributed by atoms with Gasteiger partial charge in [0.1, 0.15) is 5.69 Å². The zero-order valence-corrected chi connectivity index (χ0v) is 23.7. The number of nitrogens with one attached hydrogen (secondary N) is 2. The maximum Gasteiger partial charge on any atom is 0.280 e. The molecular weight excluding hydrogens is 522 g/mol. The van der Waals surface area contributed by atoms with E-state index in [1.807, 2.05) is 38.1 Å². The fraction of sp³-hybridized carbons (Fsp3) is 0.500. The predicted octanol–water partition coefficient (Wildman–Crippen LogP) is 4.45. The summed E-state index contributed by atoms with van der Waals surface area (Å²) in [6.07, 6.45) is 11.7. The van der Waals surface area contributed by atoms with Gasteiger partial charge in [-0.2, -0.15) is 0 Å². The molecule has 1 saturated heterocycles. The lowest BCUT2D eigenvalue weighted by molar-refractivity contribution is 0.0928. The van der Waals surface area contributed by atoms with Gasteiger partial charge in [0.05, 0.1) is 35.6 Å². The SMILES string of the molecule is C1CCOC1.CCOc1cncc(-c2cnc(C(=O)N[C@@H](CN(C)C)c3cc(NSC4CC4)ccn3)s2)n1. The van der Waals surface area contributed by atoms with Crippen LogP contribution in [0.1, 0.15) is 54.1 Å². The number of aromatic nitrogens is 4. The number of thiazole rings is 1. The molecule has 2 aliphatic rings. The molecule has 0 spiro atoms. The lowest BCUT2D eigenvalue weighted by Gasteiger charge is -2.22. The standard InChI is InChI=1S/C22H27N7O2S2.C4H8O/c1-4-31-20-12-23-10-17(26-20)19-11-25-22(32-19)21(30)27-18(13-29(2)3)16-9-14(7-8-24-16)28-33-15-5-6-15;1-2-4-5-3-1/h7-12,15,18H,4-6,13H2,1-3H3,(H,24,28)(H,27,30);1-4H2/t18-;/m0./s1. The smallest absolute Gasteiger partial charge is 0.280 e. The van der Waals surface area contributed by atoms with E-state index in [0.29, 0.717) is 35.0 Å². The number of hydrogen-bond donors (Lipinski definition) is 2. The van der Waals surface area contributed by atoms with Crippen molar-refractivity contribution in [2.45, 2.75) is 43.9 Å². The monoisotopic (exact) mass is 557 g/mol. The summed E-state index contributed by atoms with van der Waals surface area (Å²) >= 11 is 3.01. The Hall–Kier alpha value is -2.80. The van der Waals surface area contributed by atoms with Crippen LogP contribution in [0.3, 0.4) is 0 Å². The first-order chi connectivity index (χ1) is 18.5. The molecule has 1 aliphatic carbocycles. The van der Waals surface area contributed by atoms with Crippen LogP contribution in [-0.4, -0.2) is 76.5 Å². The number of nitrogens with zero attached hydrogens (tertiary/aromatic N) is 5. The third-order valence-electron chi connectivity index (χ3n) is 5.54. The Morgan fingerprint density at radius 2 is 2.05 bits per heavy atom. The maximum absolute atomic E-state index is 13.0. The Kier molecular flexibility index (Phi) is 10.7. The average molecular weight is 558 g/mol. The second kappa shape index (κ2) is 14.4. The van der Waals surface area contributed by atoms with E-state index in [9.17, 15) is 4.79 Å². The summed E-state index contributed by atoms with van der Waals surface area (Å²) in [4.78, 5) is 33.2. The topological polar surface area (TPSA) is 114 Å². The molecule has 0 bridgehead atoms. The van der Waals surface area contributed by atoms with E-state index in [2.05, 4.69) is 30.0 Å². The van der Waals surface area contributed by atoms with Crippen LogP contribution in [-0.2, 0) is 4.74 Å². The Morgan fingerprint density at radius 3 is 2.74 bits per heavy atom. The molecular formula is C26H35N7O3S2. The average Bonchev–Trinajstić information content (AvgIpc) is 3.33. The zero-order valence-electron chi connectivity index (χ0n) is 22.1. The summed E-state index contributed by atoms with van der Waals surface area (Å²) in [5, 5.41) is 4.14. The minimum Gasteiger partial charge on any atom is -0.477 e. The third-order valence-corrected chi connectivity index (χ3v) is 7.72. The highest BCUT2D eigenvalue weighted by atomic mass is 32.2. The maximum atomic E-state index is 13.0. The van der Waals surface area contributed by atoms with Crippen LogP contribution in [0.2, 0.25) is 0 Å². The molecule has 0 radical (unpaired) electrons. The van der Waals surface area contributed by atoms with Gasteiger partial charge in [0.15, 0.2) is 5.01 Å². The Morgan fingerprint density at radius 1 is 1.24 bits per heavy atom. The summed E-state index contributed by atoms with van der Waals surface area (Å²) in [6, 6.07) is 3.65. The van der Waals surface area contributed by atoms with Gasteiger partial charge in [-0.05, 0) is 70.8 Å². The first-order valence-corrected chi connectivity index (χ1v) is 14.5. The van der Waals surface area contributed by atoms with Gasteiger partial charge in [-0.25, -0.2) is 9.97 Å². The number of pyridine rings is 1. The number of likely N-dealkylation sites (N-methyl/N-ethyl adjacent to an activating group) is 1. The highest BCUT2D eigenvalue weighted by Crippen LogP contribution is 2.34. The van der Waals surface area contributed by atoms with Gasteiger partial charge < -0.3 is 24.4 Å². The van der Waals surface area contributed by atoms with Gasteiger partial charge in [-0.3, -0.25) is 14.8 Å². The van der Waals surface area contributed by atoms with E-state index in [4.69, 9.17) is 9.47 Å². The van der Waals surface area contributed by atoms with Crippen molar-refractivity contribution >= 4 is 34.9 Å². The van der Waals surface area contributed by atoms with E-state index in [-0.39, 0.29) is 11.9 Å². The molecule has 3 aromatic heterocycles. The molecule has 3 aromatic rings. The van der Waals surface area contributed by atoms with Crippen LogP contribution in [0.4, 0.5) is 5.69 Å². The fourth-order valence-corrected chi connectivity index (χ4v) is 5.11. The van der Waals surface area contributed by atoms with Gasteiger partial charge in [0.2, 0.25) is 5.88 Å². The lowest BCUT2D eigenvalue weighted by atomic mass is 10.1. The Bertz CT molecular complexity index is 1160. The summed E-state index contributed by atoms with van der Waals surface area (Å²) < 4.78 is 13.8. The minimum atomic E-state index is -0.284. The number of hydrogen-bond acceptors (Lipinski definition) is 11. The number of carbonyl (C=O) groups is 1. The molecule has 5 rings (SSSR count). The summed E-state index contributed by atoms with van der Waals surface area (Å²) in [7, 11) is 3.94. The van der Waals surface area contributed by atoms with Gasteiger partial charge in [-0.1, -0.05) is 0 Å². The zero-order chi connectivity index (χ0) is 26.7. The van der Waals surface area contributed by atoms with Crippen LogP contribution in [0, 0.1) is 0 Å². The van der Waals surface area contributed by atoms with Gasteiger partial charge in [0, 0.05) is 43.1 Å². The van der Waals surface area contributed by atoms with Crippen LogP contribution >= 0.6 is 23.3 Å². The number of ether oxygens (including phenoxy) is 2. The van der Waals surface area contributed by atoms with Gasteiger partial charge >= 0.3 is 0 Å². The van der Waals surface area contributed by atoms with Crippen molar-refractivity contribution < 1.29 is 14.3 Å². The van der Waals surface area contributed by atoms with Gasteiger partial charge in [-0.15, -0.1) is 11.3 Å². The van der Waals surface area contributed by atoms with Gasteiger partial charge in [0.25, 0.3) is 5.91 Å². The predicted molar refractivity (Wildman–Crippen MR) is 152 cm³/mol. The largest absolute Gasteiger partial charge is 0.477 e. The molecule has 2 N–H and O–H groups in total. The van der Waals surface area contributed by atoms with Crippen molar-refractivity contribution in [3.63, 3.8) is 0 Å². The van der Waals surface area contributed by atoms with Crippen molar-refractivity contribution in [1.29, 1.82) is 0 Å². The van der Waals surface area contributed by atoms with Crippen molar-refractivity contribution in [2.75, 3.05) is 45.2 Å². The molecule has 12 heteroatoms. The van der Waals surface area contributed by atoms with E-state index in [0.717, 1.165) is 29.5 Å². The first kappa shape index (κ1) is 28.2. The molecule has 1 amide bonds. The van der Waals surface area contributed by atoms with E-state index in [1.165, 1.54) is 37.0 Å². The van der Waals surface area contributed by atoms with Crippen molar-refractivity contribution in [3.05, 3.63) is 47.6 Å². The number of amides is 1. The molecule has 10 nitrogen and oxygen atoms in total. The quantitative estimate of drug-likeness (QED) is 0.328. The first-order valence-electron chi connectivity index (χ1n) is 12.8. The summed E-state index contributed by atoms with van der Waals surface area (Å²) in [5.74, 6) is 0.194. The van der Waals surface area contributed by atoms with Crippen LogP contribution in [0.15, 0.2) is 36.9 Å². The number of carbonyl (C=O) groups excluding carboxylic acids is 1. The molecule has 204 valence electrons. The molecule has 2 fully saturated rings. The minimum absolute atomic E-state index is 0.250. The van der Waals surface area contributed by atoms with Crippen molar-refractivity contribution in [2.24, 2.45) is 0 Å². The summed E-state index contributed by atoms with van der Waals surface area (Å²) in [6.45, 7) is 5.00. The van der Waals surface area contributed by atoms with E-state index in [1.54, 1.807) is 36.7 Å². The van der Waals surface area contributed by atoms with Crippen LogP contribution < -0.4 is 14.8 Å². The third kappa shape index (κ3) is 8.90. The molecule has 1 aliphatic heterocycles. The van der Waals surface area contributed by atoms with Crippen molar-refractivity contribution in [1.82, 2.24) is 30.2 Å². The van der Waals surface area contributed by atoms with E-state index < -0.39 is 0 Å². The second-order valence-corrected chi connectivity index (χ2v) is 11.3. The molecule has 0 unspecified atom stereocenters. The molecule has 1 saturated carbocycles. The Balaban J connectivity index is 0.000000603. The van der Waals surface area contributed by atoms with Crippen LogP contribution in [0.5, 0.6) is 5.88 Å². The summed E-state index contributed by atoms with van der Waals surface area (Å²) in [5.41, 5.74) is 2.40. The number of anilines is 1. The molecule has 38 heavy (non-hydrogen) atoms.